The van der Waals surface area contributed by atoms with Crippen molar-refractivity contribution in [3.8, 4) is 23.0 Å². The van der Waals surface area contributed by atoms with Crippen LogP contribution in [0.2, 0.25) is 0 Å². The smallest absolute Gasteiger partial charge is 0.145 e. The quantitative estimate of drug-likeness (QED) is 0.318. The predicted molar refractivity (Wildman–Crippen MR) is 133 cm³/mol. The molecule has 6 heteroatoms. The molecule has 34 heavy (non-hydrogen) atoms. The Labute approximate surface area is 202 Å². The molecule has 0 saturated carbocycles. The third-order valence-corrected chi connectivity index (χ3v) is 6.24. The van der Waals surface area contributed by atoms with E-state index in [0.717, 1.165) is 84.1 Å². The number of ether oxygens (including phenoxy) is 5. The molecular weight excluding hydrogens is 430 g/mol. The Kier molecular flexibility index (Phi) is 8.47. The number of hydrogen-bond acceptors (Lipinski definition) is 6. The van der Waals surface area contributed by atoms with Crippen LogP contribution in [-0.2, 0) is 11.3 Å². The van der Waals surface area contributed by atoms with Crippen LogP contribution in [-0.4, -0.2) is 38.5 Å². The van der Waals surface area contributed by atoms with Crippen LogP contribution in [0.4, 0.5) is 0 Å². The van der Waals surface area contributed by atoms with Gasteiger partial charge in [-0.15, -0.1) is 0 Å². The maximum Gasteiger partial charge on any atom is 0.145 e. The fourth-order valence-electron chi connectivity index (χ4n) is 4.12. The van der Waals surface area contributed by atoms with Crippen molar-refractivity contribution < 1.29 is 23.7 Å². The first kappa shape index (κ1) is 24.1. The highest BCUT2D eigenvalue weighted by Gasteiger charge is 2.17. The molecule has 1 aliphatic rings. The summed E-state index contributed by atoms with van der Waals surface area (Å²) in [5.74, 6) is 3.69. The minimum absolute atomic E-state index is 0.327. The number of fused-ring (bicyclic) bond motifs is 1. The summed E-state index contributed by atoms with van der Waals surface area (Å²) in [6.45, 7) is 7.54. The van der Waals surface area contributed by atoms with Crippen LogP contribution in [0.25, 0.3) is 10.9 Å². The van der Waals surface area contributed by atoms with E-state index in [-0.39, 0.29) is 0 Å². The van der Waals surface area contributed by atoms with Crippen LogP contribution < -0.4 is 18.9 Å². The number of para-hydroxylation sites is 1. The minimum Gasteiger partial charge on any atom is -0.494 e. The molecule has 6 nitrogen and oxygen atoms in total. The van der Waals surface area contributed by atoms with Crippen LogP contribution in [0.5, 0.6) is 23.0 Å². The van der Waals surface area contributed by atoms with Crippen molar-refractivity contribution in [2.75, 3.05) is 33.5 Å². The zero-order chi connectivity index (χ0) is 23.8. The number of methoxy groups -OCH3 is 1. The summed E-state index contributed by atoms with van der Waals surface area (Å²) in [6.07, 6.45) is 4.18. The Bertz CT molecular complexity index is 1080. The van der Waals surface area contributed by atoms with Crippen molar-refractivity contribution in [2.45, 2.75) is 46.1 Å². The van der Waals surface area contributed by atoms with Gasteiger partial charge in [0.15, 0.2) is 0 Å². The Morgan fingerprint density at radius 1 is 1.00 bits per heavy atom. The second kappa shape index (κ2) is 11.9. The molecule has 0 amide bonds. The summed E-state index contributed by atoms with van der Waals surface area (Å²) in [6, 6.07) is 13.7. The molecule has 0 N–H and O–H groups in total. The van der Waals surface area contributed by atoms with Gasteiger partial charge in [0.05, 0.1) is 26.0 Å². The molecule has 0 unspecified atom stereocenters. The fourth-order valence-corrected chi connectivity index (χ4v) is 4.12. The largest absolute Gasteiger partial charge is 0.494 e. The van der Waals surface area contributed by atoms with E-state index in [0.29, 0.717) is 25.7 Å². The van der Waals surface area contributed by atoms with E-state index in [1.165, 1.54) is 0 Å². The van der Waals surface area contributed by atoms with Gasteiger partial charge in [-0.25, -0.2) is 4.98 Å². The fraction of sp³-hybridized carbons (Fsp3) is 0.464. The van der Waals surface area contributed by atoms with Crippen molar-refractivity contribution >= 4 is 10.9 Å². The molecular formula is C28H35NO5. The normalized spacial score (nSPS) is 14.2. The summed E-state index contributed by atoms with van der Waals surface area (Å²) in [5, 5.41) is 0.959. The Morgan fingerprint density at radius 2 is 1.76 bits per heavy atom. The first-order valence-corrected chi connectivity index (χ1v) is 12.2. The summed E-state index contributed by atoms with van der Waals surface area (Å²) in [4.78, 5) is 4.90. The molecule has 1 fully saturated rings. The van der Waals surface area contributed by atoms with Gasteiger partial charge in [0.1, 0.15) is 35.1 Å². The van der Waals surface area contributed by atoms with Crippen LogP contribution in [0.1, 0.15) is 43.9 Å². The molecule has 2 aromatic carbocycles. The van der Waals surface area contributed by atoms with Gasteiger partial charge in [-0.1, -0.05) is 25.5 Å². The predicted octanol–water partition coefficient (Wildman–Crippen LogP) is 6.12. The van der Waals surface area contributed by atoms with E-state index >= 15 is 0 Å². The number of benzene rings is 2. The Balaban J connectivity index is 1.50. The number of unbranched alkanes of at least 4 members (excludes halogenated alkanes) is 1. The van der Waals surface area contributed by atoms with Gasteiger partial charge in [-0.3, -0.25) is 0 Å². The van der Waals surface area contributed by atoms with Gasteiger partial charge in [-0.05, 0) is 56.4 Å². The van der Waals surface area contributed by atoms with Crippen LogP contribution in [0.15, 0.2) is 42.5 Å². The topological polar surface area (TPSA) is 59.0 Å². The maximum absolute atomic E-state index is 6.21. The SMILES string of the molecule is CCCCOc1c(C)c(COc2cccc(OCC3CCOCC3)c2)nc2c(OC)cccc12. The third kappa shape index (κ3) is 5.92. The molecule has 0 atom stereocenters. The van der Waals surface area contributed by atoms with Crippen LogP contribution in [0, 0.1) is 12.8 Å². The van der Waals surface area contributed by atoms with E-state index in [1.54, 1.807) is 7.11 Å². The average Bonchev–Trinajstić information content (AvgIpc) is 2.88. The van der Waals surface area contributed by atoms with Crippen molar-refractivity contribution in [3.63, 3.8) is 0 Å². The van der Waals surface area contributed by atoms with Crippen LogP contribution >= 0.6 is 0 Å². The zero-order valence-electron chi connectivity index (χ0n) is 20.5. The van der Waals surface area contributed by atoms with Gasteiger partial charge in [0.2, 0.25) is 0 Å². The summed E-state index contributed by atoms with van der Waals surface area (Å²) in [7, 11) is 1.66. The number of rotatable bonds is 11. The highest BCUT2D eigenvalue weighted by atomic mass is 16.5. The van der Waals surface area contributed by atoms with Gasteiger partial charge in [-0.2, -0.15) is 0 Å². The van der Waals surface area contributed by atoms with Gasteiger partial charge in [0.25, 0.3) is 0 Å². The van der Waals surface area contributed by atoms with Crippen molar-refractivity contribution in [2.24, 2.45) is 5.92 Å². The van der Waals surface area contributed by atoms with E-state index in [1.807, 2.05) is 49.4 Å². The number of nitrogens with zero attached hydrogens (tertiary/aromatic N) is 1. The van der Waals surface area contributed by atoms with E-state index < -0.39 is 0 Å². The maximum atomic E-state index is 6.21. The van der Waals surface area contributed by atoms with Gasteiger partial charge >= 0.3 is 0 Å². The van der Waals surface area contributed by atoms with E-state index in [9.17, 15) is 0 Å². The summed E-state index contributed by atoms with van der Waals surface area (Å²) < 4.78 is 29.4. The second-order valence-corrected chi connectivity index (χ2v) is 8.70. The van der Waals surface area contributed by atoms with E-state index in [2.05, 4.69) is 6.92 Å². The number of aromatic nitrogens is 1. The number of hydrogen-bond donors (Lipinski definition) is 0. The molecule has 0 aliphatic carbocycles. The third-order valence-electron chi connectivity index (χ3n) is 6.24. The molecule has 0 spiro atoms. The molecule has 1 aliphatic heterocycles. The highest BCUT2D eigenvalue weighted by molar-refractivity contribution is 5.91. The highest BCUT2D eigenvalue weighted by Crippen LogP contribution is 2.35. The van der Waals surface area contributed by atoms with E-state index in [4.69, 9.17) is 28.7 Å². The number of pyridine rings is 1. The molecule has 1 aromatic heterocycles. The molecule has 3 aromatic rings. The lowest BCUT2D eigenvalue weighted by Crippen LogP contribution is -2.21. The monoisotopic (exact) mass is 465 g/mol. The molecule has 182 valence electrons. The van der Waals surface area contributed by atoms with Crippen LogP contribution in [0.3, 0.4) is 0 Å². The zero-order valence-corrected chi connectivity index (χ0v) is 20.5. The lowest BCUT2D eigenvalue weighted by molar-refractivity contribution is 0.0497. The van der Waals surface area contributed by atoms with Crippen molar-refractivity contribution in [3.05, 3.63) is 53.7 Å². The molecule has 0 radical (unpaired) electrons. The van der Waals surface area contributed by atoms with Crippen molar-refractivity contribution in [1.29, 1.82) is 0 Å². The lowest BCUT2D eigenvalue weighted by Gasteiger charge is -2.22. The minimum atomic E-state index is 0.327. The Morgan fingerprint density at radius 3 is 2.53 bits per heavy atom. The van der Waals surface area contributed by atoms with Gasteiger partial charge in [0, 0.05) is 30.2 Å². The first-order valence-electron chi connectivity index (χ1n) is 12.2. The molecule has 2 heterocycles. The summed E-state index contributed by atoms with van der Waals surface area (Å²) in [5.41, 5.74) is 2.61. The lowest BCUT2D eigenvalue weighted by atomic mass is 10.0. The Hall–Kier alpha value is -2.99. The first-order chi connectivity index (χ1) is 16.7. The summed E-state index contributed by atoms with van der Waals surface area (Å²) >= 11 is 0. The second-order valence-electron chi connectivity index (χ2n) is 8.70. The van der Waals surface area contributed by atoms with Gasteiger partial charge < -0.3 is 23.7 Å². The molecule has 0 bridgehead atoms. The molecule has 1 saturated heterocycles. The average molecular weight is 466 g/mol. The standard InChI is InChI=1S/C28H35NO5/c1-4-5-14-32-28-20(2)25(29-27-24(28)10-7-11-26(27)30-3)19-34-23-9-6-8-22(17-23)33-18-21-12-15-31-16-13-21/h6-11,17,21H,4-5,12-16,18-19H2,1-3H3. The molecule has 4 rings (SSSR count). The van der Waals surface area contributed by atoms with Crippen molar-refractivity contribution in [1.82, 2.24) is 4.98 Å².